The van der Waals surface area contributed by atoms with Crippen LogP contribution in [0.5, 0.6) is 0 Å². The molecule has 1 aromatic heterocycles. The lowest BCUT2D eigenvalue weighted by molar-refractivity contribution is 0.0605. The Hall–Kier alpha value is -0.450. The molecule has 1 aromatic rings. The van der Waals surface area contributed by atoms with Gasteiger partial charge in [0.1, 0.15) is 0 Å². The van der Waals surface area contributed by atoms with E-state index in [1.807, 2.05) is 11.3 Å². The van der Waals surface area contributed by atoms with Crippen LogP contribution in [0.4, 0.5) is 0 Å². The molecule has 1 atom stereocenters. The Morgan fingerprint density at radius 3 is 2.84 bits per heavy atom. The van der Waals surface area contributed by atoms with Gasteiger partial charge in [0.15, 0.2) is 0 Å². The molecular formula is C15H25N3S. The lowest BCUT2D eigenvalue weighted by Crippen LogP contribution is -2.50. The largest absolute Gasteiger partial charge is 0.316 e. The van der Waals surface area contributed by atoms with Crippen LogP contribution in [0.1, 0.15) is 41.3 Å². The van der Waals surface area contributed by atoms with Crippen molar-refractivity contribution in [2.24, 2.45) is 5.41 Å². The molecule has 2 aliphatic rings. The smallest absolute Gasteiger partial charge is 0.0900 e. The highest BCUT2D eigenvalue weighted by Gasteiger charge is 2.36. The summed E-state index contributed by atoms with van der Waals surface area (Å²) in [5.41, 5.74) is 1.80. The second-order valence-corrected chi connectivity index (χ2v) is 7.62. The summed E-state index contributed by atoms with van der Waals surface area (Å²) in [6.07, 6.45) is 5.54. The van der Waals surface area contributed by atoms with E-state index >= 15 is 0 Å². The first-order valence-electron chi connectivity index (χ1n) is 7.53. The van der Waals surface area contributed by atoms with Crippen LogP contribution < -0.4 is 5.32 Å². The molecule has 3 nitrogen and oxygen atoms in total. The molecule has 0 aromatic carbocycles. The summed E-state index contributed by atoms with van der Waals surface area (Å²) in [6.45, 7) is 10.4. The van der Waals surface area contributed by atoms with Gasteiger partial charge in [-0.2, -0.15) is 0 Å². The van der Waals surface area contributed by atoms with E-state index in [0.717, 1.165) is 6.54 Å². The summed E-state index contributed by atoms with van der Waals surface area (Å²) < 4.78 is 0. The Morgan fingerprint density at radius 1 is 1.32 bits per heavy atom. The van der Waals surface area contributed by atoms with E-state index in [1.165, 1.54) is 67.4 Å². The van der Waals surface area contributed by atoms with Crippen LogP contribution in [0, 0.1) is 19.3 Å². The maximum atomic E-state index is 4.56. The number of rotatable bonds is 2. The second-order valence-electron chi connectivity index (χ2n) is 6.34. The second kappa shape index (κ2) is 5.51. The molecule has 1 N–H and O–H groups in total. The standard InChI is InChI=1S/C15H25N3S/c1-12-14(19-13(2)17-12)9-18-8-4-6-15(11-18)5-3-7-16-10-15/h16H,3-11H2,1-2H3. The van der Waals surface area contributed by atoms with Crippen molar-refractivity contribution in [2.45, 2.75) is 46.1 Å². The van der Waals surface area contributed by atoms with Gasteiger partial charge >= 0.3 is 0 Å². The summed E-state index contributed by atoms with van der Waals surface area (Å²) in [5.74, 6) is 0. The third kappa shape index (κ3) is 3.01. The van der Waals surface area contributed by atoms with Crippen molar-refractivity contribution in [3.8, 4) is 0 Å². The topological polar surface area (TPSA) is 28.2 Å². The summed E-state index contributed by atoms with van der Waals surface area (Å²) in [6, 6.07) is 0. The average molecular weight is 279 g/mol. The van der Waals surface area contributed by atoms with Gasteiger partial charge in [-0.1, -0.05) is 0 Å². The van der Waals surface area contributed by atoms with Crippen LogP contribution in [0.15, 0.2) is 0 Å². The molecule has 0 bridgehead atoms. The first-order chi connectivity index (χ1) is 9.17. The molecule has 3 rings (SSSR count). The Bertz CT molecular complexity index is 429. The molecule has 0 radical (unpaired) electrons. The highest BCUT2D eigenvalue weighted by atomic mass is 32.1. The SMILES string of the molecule is Cc1nc(C)c(CN2CCCC3(CCCNC3)C2)s1. The molecule has 4 heteroatoms. The Morgan fingerprint density at radius 2 is 2.16 bits per heavy atom. The summed E-state index contributed by atoms with van der Waals surface area (Å²) >= 11 is 1.87. The predicted molar refractivity (Wildman–Crippen MR) is 80.6 cm³/mol. The molecule has 106 valence electrons. The number of nitrogens with zero attached hydrogens (tertiary/aromatic N) is 2. The van der Waals surface area contributed by atoms with Crippen LogP contribution in [0.3, 0.4) is 0 Å². The zero-order chi connectivity index (χ0) is 13.3. The minimum absolute atomic E-state index is 0.560. The van der Waals surface area contributed by atoms with Crippen LogP contribution in [0.25, 0.3) is 0 Å². The Balaban J connectivity index is 1.66. The number of hydrogen-bond acceptors (Lipinski definition) is 4. The number of hydrogen-bond donors (Lipinski definition) is 1. The van der Waals surface area contributed by atoms with Gasteiger partial charge in [0.05, 0.1) is 10.7 Å². The molecule has 0 saturated carbocycles. The van der Waals surface area contributed by atoms with Crippen molar-refractivity contribution < 1.29 is 0 Å². The molecule has 0 amide bonds. The zero-order valence-electron chi connectivity index (χ0n) is 12.2. The number of thiazole rings is 1. The lowest BCUT2D eigenvalue weighted by Gasteiger charge is -2.45. The predicted octanol–water partition coefficient (Wildman–Crippen LogP) is 2.73. The Kier molecular flexibility index (Phi) is 3.92. The molecule has 19 heavy (non-hydrogen) atoms. The monoisotopic (exact) mass is 279 g/mol. The first-order valence-corrected chi connectivity index (χ1v) is 8.35. The minimum Gasteiger partial charge on any atom is -0.316 e. The first kappa shape index (κ1) is 13.5. The molecular weight excluding hydrogens is 254 g/mol. The highest BCUT2D eigenvalue weighted by Crippen LogP contribution is 2.36. The maximum Gasteiger partial charge on any atom is 0.0900 e. The van der Waals surface area contributed by atoms with Gasteiger partial charge in [0, 0.05) is 24.5 Å². The Labute approximate surface area is 120 Å². The molecule has 3 heterocycles. The van der Waals surface area contributed by atoms with Crippen LogP contribution >= 0.6 is 11.3 Å². The third-order valence-electron chi connectivity index (χ3n) is 4.67. The summed E-state index contributed by atoms with van der Waals surface area (Å²) in [5, 5.41) is 4.82. The van der Waals surface area contributed by atoms with Gasteiger partial charge in [-0.05, 0) is 58.0 Å². The van der Waals surface area contributed by atoms with Crippen LogP contribution in [-0.2, 0) is 6.54 Å². The van der Waals surface area contributed by atoms with Crippen molar-refractivity contribution in [1.82, 2.24) is 15.2 Å². The van der Waals surface area contributed by atoms with Gasteiger partial charge < -0.3 is 5.32 Å². The van der Waals surface area contributed by atoms with Crippen molar-refractivity contribution in [2.75, 3.05) is 26.2 Å². The maximum absolute atomic E-state index is 4.56. The van der Waals surface area contributed by atoms with Gasteiger partial charge in [0.2, 0.25) is 0 Å². The van der Waals surface area contributed by atoms with E-state index in [0.29, 0.717) is 5.41 Å². The fourth-order valence-electron chi connectivity index (χ4n) is 3.75. The van der Waals surface area contributed by atoms with Gasteiger partial charge in [-0.25, -0.2) is 4.98 Å². The molecule has 0 aliphatic carbocycles. The fourth-order valence-corrected chi connectivity index (χ4v) is 4.73. The van der Waals surface area contributed by atoms with E-state index in [9.17, 15) is 0 Å². The van der Waals surface area contributed by atoms with Crippen molar-refractivity contribution in [3.05, 3.63) is 15.6 Å². The highest BCUT2D eigenvalue weighted by molar-refractivity contribution is 7.11. The van der Waals surface area contributed by atoms with E-state index in [-0.39, 0.29) is 0 Å². The lowest BCUT2D eigenvalue weighted by atomic mass is 9.74. The van der Waals surface area contributed by atoms with Crippen LogP contribution in [-0.4, -0.2) is 36.1 Å². The number of nitrogens with one attached hydrogen (secondary N) is 1. The van der Waals surface area contributed by atoms with Crippen molar-refractivity contribution >= 4 is 11.3 Å². The number of likely N-dealkylation sites (tertiary alicyclic amines) is 1. The van der Waals surface area contributed by atoms with E-state index in [4.69, 9.17) is 0 Å². The summed E-state index contributed by atoms with van der Waals surface area (Å²) in [7, 11) is 0. The van der Waals surface area contributed by atoms with E-state index < -0.39 is 0 Å². The van der Waals surface area contributed by atoms with Crippen LogP contribution in [0.2, 0.25) is 0 Å². The quantitative estimate of drug-likeness (QED) is 0.902. The third-order valence-corrected chi connectivity index (χ3v) is 5.73. The van der Waals surface area contributed by atoms with Crippen molar-refractivity contribution in [1.29, 1.82) is 0 Å². The normalized spacial score (nSPS) is 28.9. The minimum atomic E-state index is 0.560. The van der Waals surface area contributed by atoms with Gasteiger partial charge in [-0.3, -0.25) is 4.90 Å². The van der Waals surface area contributed by atoms with Gasteiger partial charge in [0.25, 0.3) is 0 Å². The van der Waals surface area contributed by atoms with E-state index in [2.05, 4.69) is 29.0 Å². The molecule has 2 saturated heterocycles. The number of aromatic nitrogens is 1. The molecule has 2 aliphatic heterocycles. The average Bonchev–Trinajstić information content (AvgIpc) is 2.69. The fraction of sp³-hybridized carbons (Fsp3) is 0.800. The number of aryl methyl sites for hydroxylation is 2. The zero-order valence-corrected chi connectivity index (χ0v) is 13.0. The van der Waals surface area contributed by atoms with Crippen molar-refractivity contribution in [3.63, 3.8) is 0 Å². The van der Waals surface area contributed by atoms with Gasteiger partial charge in [-0.15, -0.1) is 11.3 Å². The molecule has 1 spiro atoms. The summed E-state index contributed by atoms with van der Waals surface area (Å²) in [4.78, 5) is 8.69. The van der Waals surface area contributed by atoms with E-state index in [1.54, 1.807) is 0 Å². The molecule has 1 unspecified atom stereocenters. The number of piperidine rings is 2. The molecule has 2 fully saturated rings.